The highest BCUT2D eigenvalue weighted by molar-refractivity contribution is 5.73. The van der Waals surface area contributed by atoms with Gasteiger partial charge < -0.3 is 15.5 Å². The van der Waals surface area contributed by atoms with Crippen LogP contribution < -0.4 is 10.6 Å². The van der Waals surface area contributed by atoms with Crippen molar-refractivity contribution < 1.29 is 8.78 Å². The van der Waals surface area contributed by atoms with Crippen molar-refractivity contribution in [3.63, 3.8) is 0 Å². The number of fused-ring (bicyclic) bond motifs is 1. The minimum Gasteiger partial charge on any atom is -0.382 e. The van der Waals surface area contributed by atoms with Crippen molar-refractivity contribution in [2.24, 2.45) is 0 Å². The van der Waals surface area contributed by atoms with Crippen LogP contribution in [-0.4, -0.2) is 35.2 Å². The van der Waals surface area contributed by atoms with Gasteiger partial charge >= 0.3 is 0 Å². The molecule has 2 N–H and O–H groups in total. The number of nitrogens with zero attached hydrogens (tertiary/aromatic N) is 4. The van der Waals surface area contributed by atoms with Crippen molar-refractivity contribution in [2.75, 3.05) is 30.8 Å². The van der Waals surface area contributed by atoms with Gasteiger partial charge in [-0.15, -0.1) is 10.2 Å². The van der Waals surface area contributed by atoms with Gasteiger partial charge in [0.05, 0.1) is 5.69 Å². The van der Waals surface area contributed by atoms with Crippen LogP contribution in [0.3, 0.4) is 0 Å². The number of halogens is 2. The van der Waals surface area contributed by atoms with E-state index in [0.29, 0.717) is 29.9 Å². The quantitative estimate of drug-likeness (QED) is 0.750. The fourth-order valence-corrected chi connectivity index (χ4v) is 3.33. The van der Waals surface area contributed by atoms with E-state index in [1.165, 1.54) is 12.1 Å². The first-order valence-corrected chi connectivity index (χ1v) is 8.65. The van der Waals surface area contributed by atoms with Crippen LogP contribution >= 0.6 is 0 Å². The minimum atomic E-state index is -0.326. The maximum Gasteiger partial charge on any atom is 0.146 e. The van der Waals surface area contributed by atoms with Crippen molar-refractivity contribution in [3.8, 4) is 11.3 Å². The number of anilines is 3. The first-order chi connectivity index (χ1) is 13.0. The number of benzene rings is 2. The maximum absolute atomic E-state index is 15.4. The zero-order valence-electron chi connectivity index (χ0n) is 14.9. The molecule has 0 saturated carbocycles. The van der Waals surface area contributed by atoms with Crippen LogP contribution in [0, 0.1) is 11.6 Å². The molecule has 1 aliphatic rings. The molecule has 0 fully saturated rings. The molecule has 0 unspecified atom stereocenters. The van der Waals surface area contributed by atoms with E-state index in [-0.39, 0.29) is 17.5 Å². The molecule has 0 aliphatic carbocycles. The van der Waals surface area contributed by atoms with E-state index >= 15 is 4.39 Å². The van der Waals surface area contributed by atoms with Gasteiger partial charge in [0.1, 0.15) is 17.5 Å². The molecular formula is C20H19F2N5. The van der Waals surface area contributed by atoms with Gasteiger partial charge in [-0.1, -0.05) is 0 Å². The van der Waals surface area contributed by atoms with Crippen LogP contribution in [0.4, 0.5) is 26.0 Å². The Kier molecular flexibility index (Phi) is 4.45. The highest BCUT2D eigenvalue weighted by Gasteiger charge is 2.24. The molecule has 27 heavy (non-hydrogen) atoms. The van der Waals surface area contributed by atoms with E-state index < -0.39 is 0 Å². The molecule has 0 atom stereocenters. The number of rotatable bonds is 2. The Morgan fingerprint density at radius 2 is 1.70 bits per heavy atom. The van der Waals surface area contributed by atoms with Crippen LogP contribution in [-0.2, 0) is 6.54 Å². The summed E-state index contributed by atoms with van der Waals surface area (Å²) in [6.07, 6.45) is 0. The number of nitrogen functional groups attached to an aromatic ring is 1. The predicted molar refractivity (Wildman–Crippen MR) is 102 cm³/mol. The molecule has 4 rings (SSSR count). The van der Waals surface area contributed by atoms with Crippen LogP contribution in [0.5, 0.6) is 0 Å². The topological polar surface area (TPSA) is 58.3 Å². The summed E-state index contributed by atoms with van der Waals surface area (Å²) in [7, 11) is 1.95. The maximum atomic E-state index is 15.4. The third-order valence-electron chi connectivity index (χ3n) is 4.74. The van der Waals surface area contributed by atoms with Crippen molar-refractivity contribution in [1.82, 2.24) is 15.1 Å². The average molecular weight is 367 g/mol. The Labute approximate surface area is 156 Å². The summed E-state index contributed by atoms with van der Waals surface area (Å²) < 4.78 is 28.8. The van der Waals surface area contributed by atoms with Crippen LogP contribution in [0.1, 0.15) is 5.56 Å². The van der Waals surface area contributed by atoms with Crippen LogP contribution in [0.15, 0.2) is 48.5 Å². The second-order valence-electron chi connectivity index (χ2n) is 6.63. The lowest BCUT2D eigenvalue weighted by Crippen LogP contribution is -2.26. The van der Waals surface area contributed by atoms with Gasteiger partial charge in [-0.05, 0) is 55.6 Å². The highest BCUT2D eigenvalue weighted by atomic mass is 19.1. The van der Waals surface area contributed by atoms with Gasteiger partial charge in [0, 0.05) is 42.1 Å². The van der Waals surface area contributed by atoms with Gasteiger partial charge in [-0.3, -0.25) is 0 Å². The van der Waals surface area contributed by atoms with Gasteiger partial charge in [0.2, 0.25) is 0 Å². The molecule has 2 heterocycles. The highest BCUT2D eigenvalue weighted by Crippen LogP contribution is 2.36. The summed E-state index contributed by atoms with van der Waals surface area (Å²) in [5.41, 5.74) is 8.58. The number of aromatic nitrogens is 2. The molecule has 0 amide bonds. The normalized spacial score (nSPS) is 14.7. The predicted octanol–water partition coefficient (Wildman–Crippen LogP) is 3.59. The fraction of sp³-hybridized carbons (Fsp3) is 0.200. The molecule has 0 bridgehead atoms. The summed E-state index contributed by atoms with van der Waals surface area (Å²) in [4.78, 5) is 4.07. The van der Waals surface area contributed by atoms with E-state index in [4.69, 9.17) is 5.73 Å². The van der Waals surface area contributed by atoms with E-state index in [9.17, 15) is 4.39 Å². The number of nitrogens with two attached hydrogens (primary N) is 1. The van der Waals surface area contributed by atoms with E-state index in [1.54, 1.807) is 30.3 Å². The number of hydrogen-bond donors (Lipinski definition) is 1. The van der Waals surface area contributed by atoms with Gasteiger partial charge in [0.25, 0.3) is 0 Å². The molecule has 5 nitrogen and oxygen atoms in total. The second kappa shape index (κ2) is 6.92. The lowest BCUT2D eigenvalue weighted by atomic mass is 10.0. The van der Waals surface area contributed by atoms with Crippen LogP contribution in [0.25, 0.3) is 11.3 Å². The molecule has 1 aromatic heterocycles. The summed E-state index contributed by atoms with van der Waals surface area (Å²) in [5.74, 6) is -0.335. The van der Waals surface area contributed by atoms with Crippen LogP contribution in [0.2, 0.25) is 0 Å². The zero-order valence-corrected chi connectivity index (χ0v) is 14.9. The molecule has 138 valence electrons. The Morgan fingerprint density at radius 3 is 2.41 bits per heavy atom. The van der Waals surface area contributed by atoms with Crippen molar-refractivity contribution in [3.05, 3.63) is 65.7 Å². The fourth-order valence-electron chi connectivity index (χ4n) is 3.33. The third-order valence-corrected chi connectivity index (χ3v) is 4.74. The Balaban J connectivity index is 1.83. The summed E-state index contributed by atoms with van der Waals surface area (Å²) in [6, 6.07) is 13.1. The van der Waals surface area contributed by atoms with Gasteiger partial charge in [-0.25, -0.2) is 8.78 Å². The largest absolute Gasteiger partial charge is 0.382 e. The first-order valence-electron chi connectivity index (χ1n) is 8.65. The lowest BCUT2D eigenvalue weighted by molar-refractivity contribution is 0.338. The SMILES string of the molecule is CN1CCN(c2ccc(F)cc2)c2ccc(-c3ccc(N)nn3)c(F)c2C1. The van der Waals surface area contributed by atoms with Crippen molar-refractivity contribution in [1.29, 1.82) is 0 Å². The zero-order chi connectivity index (χ0) is 19.0. The Bertz CT molecular complexity index is 957. The second-order valence-corrected chi connectivity index (χ2v) is 6.63. The number of likely N-dealkylation sites (N-methyl/N-ethyl adjacent to an activating group) is 1. The first kappa shape index (κ1) is 17.4. The summed E-state index contributed by atoms with van der Waals surface area (Å²) in [6.45, 7) is 1.90. The standard InChI is InChI=1S/C20H19F2N5/c1-26-10-11-27(14-4-2-13(21)3-5-14)18-8-6-15(20(22)16(18)12-26)17-7-9-19(23)25-24-17/h2-9H,10-12H2,1H3,(H2,23,25). The molecule has 3 aromatic rings. The lowest BCUT2D eigenvalue weighted by Gasteiger charge is -2.25. The Hall–Kier alpha value is -3.06. The van der Waals surface area contributed by atoms with E-state index in [2.05, 4.69) is 15.1 Å². The molecular weight excluding hydrogens is 348 g/mol. The molecule has 2 aromatic carbocycles. The van der Waals surface area contributed by atoms with E-state index in [1.807, 2.05) is 18.0 Å². The van der Waals surface area contributed by atoms with Crippen molar-refractivity contribution >= 4 is 17.2 Å². The molecule has 1 aliphatic heterocycles. The smallest absolute Gasteiger partial charge is 0.146 e. The molecule has 0 radical (unpaired) electrons. The average Bonchev–Trinajstić information content (AvgIpc) is 2.83. The van der Waals surface area contributed by atoms with Gasteiger partial charge in [0.15, 0.2) is 0 Å². The number of hydrogen-bond acceptors (Lipinski definition) is 5. The third kappa shape index (κ3) is 3.33. The molecule has 0 saturated heterocycles. The molecule has 7 heteroatoms. The Morgan fingerprint density at radius 1 is 0.926 bits per heavy atom. The van der Waals surface area contributed by atoms with E-state index in [0.717, 1.165) is 17.9 Å². The van der Waals surface area contributed by atoms with Crippen molar-refractivity contribution in [2.45, 2.75) is 6.54 Å². The monoisotopic (exact) mass is 367 g/mol. The van der Waals surface area contributed by atoms with Gasteiger partial charge in [-0.2, -0.15) is 0 Å². The summed E-state index contributed by atoms with van der Waals surface area (Å²) >= 11 is 0. The molecule has 0 spiro atoms. The summed E-state index contributed by atoms with van der Waals surface area (Å²) in [5, 5.41) is 7.82. The minimum absolute atomic E-state index is 0.288.